The molecule has 2 aromatic heterocycles. The van der Waals surface area contributed by atoms with Crippen molar-refractivity contribution < 1.29 is 0 Å². The zero-order valence-electron chi connectivity index (χ0n) is 29.9. The molecular weight excluding hydrogens is 703 g/mol. The number of nitrogens with zero attached hydrogens (tertiary/aromatic N) is 2. The van der Waals surface area contributed by atoms with Crippen molar-refractivity contribution in [1.29, 1.82) is 0 Å². The molecule has 0 aliphatic heterocycles. The smallest absolute Gasteiger partial charge is 0.146 e. The van der Waals surface area contributed by atoms with Crippen LogP contribution in [-0.4, -0.2) is 9.38 Å². The van der Waals surface area contributed by atoms with Crippen molar-refractivity contribution in [3.63, 3.8) is 0 Å². The van der Waals surface area contributed by atoms with Gasteiger partial charge in [0.15, 0.2) is 0 Å². The van der Waals surface area contributed by atoms with Crippen molar-refractivity contribution in [1.82, 2.24) is 9.38 Å². The van der Waals surface area contributed by atoms with Crippen LogP contribution in [0.3, 0.4) is 0 Å². The maximum atomic E-state index is 5.54. The lowest BCUT2D eigenvalue weighted by Gasteiger charge is -2.22. The molecule has 0 spiro atoms. The molecule has 2 nitrogen and oxygen atoms in total. The third-order valence-electron chi connectivity index (χ3n) is 10.9. The van der Waals surface area contributed by atoms with Crippen LogP contribution in [0.1, 0.15) is 0 Å². The Morgan fingerprint density at radius 2 is 0.891 bits per heavy atom. The second-order valence-electron chi connectivity index (χ2n) is 14.0. The Hall–Kier alpha value is -6.17. The molecule has 1 atom stereocenters. The highest BCUT2D eigenvalue weighted by molar-refractivity contribution is 7.80. The topological polar surface area (TPSA) is 17.3 Å². The molecule has 0 aliphatic rings. The standard InChI is InChI=1S/C51H34N2P2/c1-4-16-37(17-5-1)54(40-30-29-36-28-27-35-15-10-11-22-42(35)45(36)33-40)41-31-32-48-46(34-41)52-51-44-24-14-26-49(50(44)43-23-12-13-25-47(43)53(48)51)55(38-18-6-2-7-19-38)39-20-8-3-9-21-39/h1-34H. The molecule has 55 heavy (non-hydrogen) atoms. The Kier molecular flexibility index (Phi) is 7.80. The summed E-state index contributed by atoms with van der Waals surface area (Å²) in [5.74, 6) is 0. The molecule has 0 amide bonds. The summed E-state index contributed by atoms with van der Waals surface area (Å²) >= 11 is 0. The molecule has 1 unspecified atom stereocenters. The molecule has 0 aliphatic carbocycles. The molecule has 11 aromatic rings. The van der Waals surface area contributed by atoms with E-state index >= 15 is 0 Å². The number of fused-ring (bicyclic) bond motifs is 11. The Bertz CT molecular complexity index is 3170. The fourth-order valence-electron chi connectivity index (χ4n) is 8.44. The highest BCUT2D eigenvalue weighted by Crippen LogP contribution is 2.41. The molecule has 258 valence electrons. The predicted octanol–water partition coefficient (Wildman–Crippen LogP) is 10.6. The lowest BCUT2D eigenvalue weighted by molar-refractivity contribution is 1.32. The Morgan fingerprint density at radius 3 is 1.62 bits per heavy atom. The van der Waals surface area contributed by atoms with Crippen molar-refractivity contribution in [2.75, 3.05) is 0 Å². The van der Waals surface area contributed by atoms with Crippen molar-refractivity contribution in [2.24, 2.45) is 0 Å². The van der Waals surface area contributed by atoms with Gasteiger partial charge in [-0.05, 0) is 93.5 Å². The van der Waals surface area contributed by atoms with E-state index in [0.29, 0.717) is 0 Å². The van der Waals surface area contributed by atoms with Gasteiger partial charge in [-0.25, -0.2) is 4.98 Å². The first-order valence-corrected chi connectivity index (χ1v) is 21.4. The van der Waals surface area contributed by atoms with Crippen LogP contribution < -0.4 is 31.8 Å². The minimum absolute atomic E-state index is 0.822. The average molecular weight is 737 g/mol. The molecule has 4 heteroatoms. The molecule has 0 N–H and O–H groups in total. The summed E-state index contributed by atoms with van der Waals surface area (Å²) in [6.45, 7) is 0. The van der Waals surface area contributed by atoms with Crippen molar-refractivity contribution in [2.45, 2.75) is 0 Å². The summed E-state index contributed by atoms with van der Waals surface area (Å²) in [6.07, 6.45) is 0. The number of hydrogen-bond donors (Lipinski definition) is 0. The number of aromatic nitrogens is 2. The van der Waals surface area contributed by atoms with Crippen LogP contribution >= 0.6 is 15.8 Å². The van der Waals surface area contributed by atoms with Gasteiger partial charge in [0.1, 0.15) is 5.65 Å². The van der Waals surface area contributed by atoms with Crippen LogP contribution in [0, 0.1) is 0 Å². The van der Waals surface area contributed by atoms with Gasteiger partial charge in [0, 0.05) is 16.2 Å². The molecule has 11 rings (SSSR count). The largest absolute Gasteiger partial charge is 0.292 e. The van der Waals surface area contributed by atoms with Gasteiger partial charge in [-0.2, -0.15) is 0 Å². The highest BCUT2D eigenvalue weighted by Gasteiger charge is 2.24. The van der Waals surface area contributed by atoms with Gasteiger partial charge in [-0.15, -0.1) is 0 Å². The number of benzene rings is 9. The van der Waals surface area contributed by atoms with Crippen LogP contribution in [0.2, 0.25) is 0 Å². The van der Waals surface area contributed by atoms with Gasteiger partial charge in [-0.3, -0.25) is 4.40 Å². The first-order chi connectivity index (χ1) is 27.3. The summed E-state index contributed by atoms with van der Waals surface area (Å²) in [5.41, 5.74) is 4.32. The SMILES string of the molecule is c1ccc(P(c2ccc3c(c2)nc2c4cccc(P(c5ccccc5)c5ccccc5)c4c4ccccc4n32)c2ccc3ccc4ccccc4c3c2)cc1. The zero-order valence-corrected chi connectivity index (χ0v) is 31.7. The minimum Gasteiger partial charge on any atom is -0.292 e. The molecule has 0 saturated carbocycles. The molecule has 0 saturated heterocycles. The summed E-state index contributed by atoms with van der Waals surface area (Å²) in [7, 11) is -1.68. The summed E-state index contributed by atoms with van der Waals surface area (Å²) < 4.78 is 2.39. The monoisotopic (exact) mass is 736 g/mol. The van der Waals surface area contributed by atoms with Crippen LogP contribution in [0.15, 0.2) is 206 Å². The van der Waals surface area contributed by atoms with E-state index in [2.05, 4.69) is 211 Å². The van der Waals surface area contributed by atoms with E-state index in [-0.39, 0.29) is 0 Å². The fourth-order valence-corrected chi connectivity index (χ4v) is 13.3. The Morgan fingerprint density at radius 1 is 0.345 bits per heavy atom. The maximum absolute atomic E-state index is 5.54. The normalized spacial score (nSPS) is 12.5. The Labute approximate surface area is 321 Å². The van der Waals surface area contributed by atoms with E-state index < -0.39 is 15.8 Å². The number of imidazole rings is 1. The first kappa shape index (κ1) is 32.3. The van der Waals surface area contributed by atoms with E-state index in [4.69, 9.17) is 4.98 Å². The van der Waals surface area contributed by atoms with E-state index in [1.807, 2.05) is 0 Å². The van der Waals surface area contributed by atoms with Crippen LogP contribution in [0.25, 0.3) is 59.9 Å². The van der Waals surface area contributed by atoms with Gasteiger partial charge in [0.2, 0.25) is 0 Å². The number of para-hydroxylation sites is 1. The molecule has 0 fully saturated rings. The lowest BCUT2D eigenvalue weighted by atomic mass is 10.0. The second kappa shape index (κ2) is 13.3. The van der Waals surface area contributed by atoms with Crippen molar-refractivity contribution >= 4 is 108 Å². The zero-order chi connectivity index (χ0) is 36.3. The number of rotatable bonds is 6. The average Bonchev–Trinajstić information content (AvgIpc) is 3.65. The van der Waals surface area contributed by atoms with Gasteiger partial charge >= 0.3 is 0 Å². The van der Waals surface area contributed by atoms with Gasteiger partial charge in [0.25, 0.3) is 0 Å². The van der Waals surface area contributed by atoms with Gasteiger partial charge in [0.05, 0.1) is 16.6 Å². The van der Waals surface area contributed by atoms with Gasteiger partial charge < -0.3 is 0 Å². The van der Waals surface area contributed by atoms with E-state index in [1.54, 1.807) is 0 Å². The molecule has 2 heterocycles. The summed E-state index contributed by atoms with van der Waals surface area (Å²) in [4.78, 5) is 5.54. The van der Waals surface area contributed by atoms with Crippen molar-refractivity contribution in [3.05, 3.63) is 206 Å². The maximum Gasteiger partial charge on any atom is 0.146 e. The lowest BCUT2D eigenvalue weighted by Crippen LogP contribution is -2.21. The molecule has 9 aromatic carbocycles. The quantitative estimate of drug-likeness (QED) is 0.123. The van der Waals surface area contributed by atoms with Crippen LogP contribution in [0.4, 0.5) is 0 Å². The van der Waals surface area contributed by atoms with Crippen LogP contribution in [0.5, 0.6) is 0 Å². The first-order valence-electron chi connectivity index (χ1n) is 18.7. The summed E-state index contributed by atoms with van der Waals surface area (Å²) in [6, 6.07) is 76.1. The number of hydrogen-bond acceptors (Lipinski definition) is 1. The third kappa shape index (κ3) is 5.37. The minimum atomic E-state index is -0.858. The van der Waals surface area contributed by atoms with Crippen LogP contribution in [-0.2, 0) is 0 Å². The Balaban J connectivity index is 1.15. The van der Waals surface area contributed by atoms with E-state index in [9.17, 15) is 0 Å². The fraction of sp³-hybridized carbons (Fsp3) is 0. The molecular formula is C51H34N2P2. The third-order valence-corrected chi connectivity index (χ3v) is 15.8. The molecule has 0 bridgehead atoms. The summed E-state index contributed by atoms with van der Waals surface area (Å²) in [5, 5.41) is 16.8. The highest BCUT2D eigenvalue weighted by atomic mass is 31.1. The number of pyridine rings is 1. The van der Waals surface area contributed by atoms with Gasteiger partial charge in [-0.1, -0.05) is 182 Å². The molecule has 0 radical (unpaired) electrons. The van der Waals surface area contributed by atoms with E-state index in [1.165, 1.54) is 75.0 Å². The van der Waals surface area contributed by atoms with E-state index in [0.717, 1.165) is 16.7 Å². The predicted molar refractivity (Wildman–Crippen MR) is 240 cm³/mol. The second-order valence-corrected chi connectivity index (χ2v) is 18.4. The van der Waals surface area contributed by atoms with Crippen molar-refractivity contribution in [3.8, 4) is 0 Å².